The number of alkyl halides is 2. The predicted molar refractivity (Wildman–Crippen MR) is 80.0 cm³/mol. The molecule has 0 aliphatic carbocycles. The van der Waals surface area contributed by atoms with E-state index in [0.29, 0.717) is 10.7 Å². The summed E-state index contributed by atoms with van der Waals surface area (Å²) in [6.07, 6.45) is 1.50. The lowest BCUT2D eigenvalue weighted by Gasteiger charge is -2.14. The number of rotatable bonds is 6. The Labute approximate surface area is 136 Å². The number of nitrogens with zero attached hydrogens (tertiary/aromatic N) is 1. The van der Waals surface area contributed by atoms with Crippen LogP contribution >= 0.6 is 11.6 Å². The zero-order valence-corrected chi connectivity index (χ0v) is 12.8. The maximum absolute atomic E-state index is 12.5. The van der Waals surface area contributed by atoms with Crippen LogP contribution in [-0.2, 0) is 6.54 Å². The maximum atomic E-state index is 12.5. The normalized spacial score (nSPS) is 10.5. The Morgan fingerprint density at radius 2 is 2.13 bits per heavy atom. The van der Waals surface area contributed by atoms with E-state index in [-0.39, 0.29) is 23.6 Å². The fourth-order valence-corrected chi connectivity index (χ4v) is 1.97. The Hall–Kier alpha value is -2.41. The zero-order valence-electron chi connectivity index (χ0n) is 12.1. The summed E-state index contributed by atoms with van der Waals surface area (Å²) in [5.41, 5.74) is 0.661. The van der Waals surface area contributed by atoms with E-state index in [1.54, 1.807) is 12.1 Å². The number of pyridine rings is 1. The molecule has 0 unspecified atom stereocenters. The molecule has 0 bridgehead atoms. The molecule has 0 aliphatic heterocycles. The lowest BCUT2D eigenvalue weighted by Crippen LogP contribution is -2.24. The summed E-state index contributed by atoms with van der Waals surface area (Å²) in [4.78, 5) is 16.1. The van der Waals surface area contributed by atoms with Gasteiger partial charge in [0.05, 0.1) is 12.7 Å². The zero-order chi connectivity index (χ0) is 16.8. The van der Waals surface area contributed by atoms with E-state index in [0.717, 1.165) is 0 Å². The van der Waals surface area contributed by atoms with Crippen LogP contribution in [0.4, 0.5) is 8.78 Å². The van der Waals surface area contributed by atoms with Crippen LogP contribution in [0.25, 0.3) is 0 Å². The highest BCUT2D eigenvalue weighted by Gasteiger charge is 2.20. The highest BCUT2D eigenvalue weighted by molar-refractivity contribution is 6.29. The van der Waals surface area contributed by atoms with Crippen molar-refractivity contribution in [3.8, 4) is 11.5 Å². The number of carbonyl (C=O) groups is 1. The molecule has 23 heavy (non-hydrogen) atoms. The minimum atomic E-state index is -3.07. The first-order valence-electron chi connectivity index (χ1n) is 6.51. The van der Waals surface area contributed by atoms with Crippen molar-refractivity contribution >= 4 is 17.5 Å². The summed E-state index contributed by atoms with van der Waals surface area (Å²) in [5.74, 6) is -0.836. The molecular formula is C15H13ClF2N2O3. The molecule has 0 fully saturated rings. The van der Waals surface area contributed by atoms with Crippen LogP contribution in [0.3, 0.4) is 0 Å². The summed E-state index contributed by atoms with van der Waals surface area (Å²) in [5, 5.41) is 2.93. The van der Waals surface area contributed by atoms with Crippen LogP contribution < -0.4 is 14.8 Å². The molecule has 1 heterocycles. The van der Waals surface area contributed by atoms with Crippen LogP contribution in [0.5, 0.6) is 11.5 Å². The molecule has 1 aromatic carbocycles. The number of hydrogen-bond donors (Lipinski definition) is 1. The fourth-order valence-electron chi connectivity index (χ4n) is 1.85. The monoisotopic (exact) mass is 342 g/mol. The third-order valence-corrected chi connectivity index (χ3v) is 3.12. The average Bonchev–Trinajstić information content (AvgIpc) is 2.53. The maximum Gasteiger partial charge on any atom is 0.387 e. The Morgan fingerprint density at radius 3 is 2.74 bits per heavy atom. The number of nitrogens with one attached hydrogen (secondary N) is 1. The number of carbonyl (C=O) groups excluding carboxylic acids is 1. The van der Waals surface area contributed by atoms with Gasteiger partial charge in [0.1, 0.15) is 5.15 Å². The molecule has 5 nitrogen and oxygen atoms in total. The Kier molecular flexibility index (Phi) is 5.70. The third kappa shape index (κ3) is 4.53. The highest BCUT2D eigenvalue weighted by Crippen LogP contribution is 2.32. The summed E-state index contributed by atoms with van der Waals surface area (Å²) >= 11 is 5.67. The number of benzene rings is 1. The van der Waals surface area contributed by atoms with E-state index < -0.39 is 12.5 Å². The molecule has 1 amide bonds. The molecule has 122 valence electrons. The van der Waals surface area contributed by atoms with Crippen molar-refractivity contribution < 1.29 is 23.0 Å². The summed E-state index contributed by atoms with van der Waals surface area (Å²) in [7, 11) is 1.30. The van der Waals surface area contributed by atoms with Crippen LogP contribution in [0, 0.1) is 0 Å². The van der Waals surface area contributed by atoms with Crippen LogP contribution in [0.2, 0.25) is 5.15 Å². The van der Waals surface area contributed by atoms with Crippen molar-refractivity contribution in [1.29, 1.82) is 0 Å². The molecule has 0 spiro atoms. The number of halogens is 3. The van der Waals surface area contributed by atoms with E-state index in [1.807, 2.05) is 0 Å². The van der Waals surface area contributed by atoms with Gasteiger partial charge in [-0.25, -0.2) is 4.98 Å². The smallest absolute Gasteiger partial charge is 0.387 e. The molecular weight excluding hydrogens is 330 g/mol. The molecule has 1 N–H and O–H groups in total. The number of para-hydroxylation sites is 1. The first kappa shape index (κ1) is 17.0. The van der Waals surface area contributed by atoms with Gasteiger partial charge in [-0.3, -0.25) is 4.79 Å². The minimum absolute atomic E-state index is 0.0473. The standard InChI is InChI=1S/C15H13ClF2N2O3/c1-22-11-4-2-3-10(13(11)23-15(17)18)14(21)20-8-9-5-6-12(16)19-7-9/h2-7,15H,8H2,1H3,(H,20,21). The molecule has 0 saturated carbocycles. The molecule has 2 rings (SSSR count). The Morgan fingerprint density at radius 1 is 1.35 bits per heavy atom. The number of hydrogen-bond acceptors (Lipinski definition) is 4. The van der Waals surface area contributed by atoms with Gasteiger partial charge < -0.3 is 14.8 Å². The third-order valence-electron chi connectivity index (χ3n) is 2.89. The van der Waals surface area contributed by atoms with E-state index in [2.05, 4.69) is 15.0 Å². The predicted octanol–water partition coefficient (Wildman–Crippen LogP) is 3.28. The number of aromatic nitrogens is 1. The van der Waals surface area contributed by atoms with E-state index >= 15 is 0 Å². The first-order chi connectivity index (χ1) is 11.0. The van der Waals surface area contributed by atoms with E-state index in [1.165, 1.54) is 31.5 Å². The fraction of sp³-hybridized carbons (Fsp3) is 0.200. The van der Waals surface area contributed by atoms with E-state index in [9.17, 15) is 13.6 Å². The second-order valence-corrected chi connectivity index (χ2v) is 4.77. The lowest BCUT2D eigenvalue weighted by atomic mass is 10.1. The molecule has 1 aromatic heterocycles. The van der Waals surface area contributed by atoms with Gasteiger partial charge in [-0.2, -0.15) is 8.78 Å². The minimum Gasteiger partial charge on any atom is -0.493 e. The van der Waals surface area contributed by atoms with E-state index in [4.69, 9.17) is 16.3 Å². The SMILES string of the molecule is COc1cccc(C(=O)NCc2ccc(Cl)nc2)c1OC(F)F. The lowest BCUT2D eigenvalue weighted by molar-refractivity contribution is -0.0515. The largest absolute Gasteiger partial charge is 0.493 e. The quantitative estimate of drug-likeness (QED) is 0.818. The van der Waals surface area contributed by atoms with Gasteiger partial charge in [-0.05, 0) is 23.8 Å². The summed E-state index contributed by atoms with van der Waals surface area (Å²) in [6, 6.07) is 7.58. The topological polar surface area (TPSA) is 60.5 Å². The molecule has 8 heteroatoms. The molecule has 0 saturated heterocycles. The van der Waals surface area contributed by atoms with Crippen molar-refractivity contribution in [2.45, 2.75) is 13.2 Å². The Balaban J connectivity index is 2.16. The van der Waals surface area contributed by atoms with Crippen molar-refractivity contribution in [1.82, 2.24) is 10.3 Å². The molecule has 0 radical (unpaired) electrons. The summed E-state index contributed by atoms with van der Waals surface area (Å²) in [6.45, 7) is -2.91. The van der Waals surface area contributed by atoms with Crippen molar-refractivity contribution in [2.75, 3.05) is 7.11 Å². The molecule has 0 aliphatic rings. The highest BCUT2D eigenvalue weighted by atomic mass is 35.5. The number of amides is 1. The van der Waals surface area contributed by atoms with Gasteiger partial charge in [0.25, 0.3) is 5.91 Å². The van der Waals surface area contributed by atoms with Crippen molar-refractivity contribution in [2.24, 2.45) is 0 Å². The van der Waals surface area contributed by atoms with Gasteiger partial charge in [-0.1, -0.05) is 23.7 Å². The molecule has 2 aromatic rings. The second kappa shape index (κ2) is 7.73. The van der Waals surface area contributed by atoms with Crippen molar-refractivity contribution in [3.05, 3.63) is 52.8 Å². The molecule has 0 atom stereocenters. The number of methoxy groups -OCH3 is 1. The van der Waals surface area contributed by atoms with Crippen LogP contribution in [0.1, 0.15) is 15.9 Å². The van der Waals surface area contributed by atoms with Gasteiger partial charge >= 0.3 is 6.61 Å². The van der Waals surface area contributed by atoms with Gasteiger partial charge in [0.2, 0.25) is 0 Å². The van der Waals surface area contributed by atoms with Crippen LogP contribution in [-0.4, -0.2) is 24.6 Å². The van der Waals surface area contributed by atoms with Crippen LogP contribution in [0.15, 0.2) is 36.5 Å². The van der Waals surface area contributed by atoms with Crippen molar-refractivity contribution in [3.63, 3.8) is 0 Å². The first-order valence-corrected chi connectivity index (χ1v) is 6.89. The average molecular weight is 343 g/mol. The van der Waals surface area contributed by atoms with Gasteiger partial charge in [-0.15, -0.1) is 0 Å². The second-order valence-electron chi connectivity index (χ2n) is 4.39. The number of ether oxygens (including phenoxy) is 2. The summed E-state index contributed by atoms with van der Waals surface area (Å²) < 4.78 is 34.4. The van der Waals surface area contributed by atoms with Gasteiger partial charge in [0, 0.05) is 12.7 Å². The van der Waals surface area contributed by atoms with Gasteiger partial charge in [0.15, 0.2) is 11.5 Å². The Bertz CT molecular complexity index is 681.